The van der Waals surface area contributed by atoms with Gasteiger partial charge in [0.05, 0.1) is 8.07 Å². The number of benzene rings is 2. The van der Waals surface area contributed by atoms with Crippen molar-refractivity contribution in [3.05, 3.63) is 71.5 Å². The summed E-state index contributed by atoms with van der Waals surface area (Å²) >= 11 is 0. The topological polar surface area (TPSA) is 3.24 Å². The van der Waals surface area contributed by atoms with Crippen LogP contribution in [0.3, 0.4) is 0 Å². The highest BCUT2D eigenvalue weighted by Crippen LogP contribution is 2.26. The van der Waals surface area contributed by atoms with Crippen LogP contribution in [0, 0.1) is 0 Å². The van der Waals surface area contributed by atoms with Gasteiger partial charge in [0.1, 0.15) is 0 Å². The van der Waals surface area contributed by atoms with Crippen LogP contribution in [0.5, 0.6) is 0 Å². The maximum Gasteiger partial charge on any atom is 0.0883 e. The molecule has 0 aliphatic rings. The van der Waals surface area contributed by atoms with E-state index in [-0.39, 0.29) is 0 Å². The minimum absolute atomic E-state index is 1.20. The fraction of sp³-hybridized carbons (Fsp3) is 0.250. The first kappa shape index (κ1) is 16.3. The third-order valence-corrected chi connectivity index (χ3v) is 5.54. The molecular formula is C20H25NSi. The summed E-state index contributed by atoms with van der Waals surface area (Å²) in [6.45, 7) is 7.11. The fourth-order valence-electron chi connectivity index (χ4n) is 2.36. The smallest absolute Gasteiger partial charge is 0.0883 e. The van der Waals surface area contributed by atoms with Crippen LogP contribution in [0.1, 0.15) is 11.1 Å². The van der Waals surface area contributed by atoms with Crippen molar-refractivity contribution < 1.29 is 0 Å². The van der Waals surface area contributed by atoms with Crippen molar-refractivity contribution in [3.63, 3.8) is 0 Å². The van der Waals surface area contributed by atoms with E-state index in [9.17, 15) is 0 Å². The Bertz CT molecular complexity index is 670. The minimum Gasteiger partial charge on any atom is -0.378 e. The van der Waals surface area contributed by atoms with Gasteiger partial charge in [0.25, 0.3) is 0 Å². The summed E-state index contributed by atoms with van der Waals surface area (Å²) in [5, 5.41) is 1.36. The zero-order valence-corrected chi connectivity index (χ0v) is 15.2. The summed E-state index contributed by atoms with van der Waals surface area (Å²) in [5.41, 5.74) is 7.29. The van der Waals surface area contributed by atoms with E-state index in [0.29, 0.717) is 0 Å². The van der Waals surface area contributed by atoms with Crippen LogP contribution in [-0.4, -0.2) is 22.2 Å². The molecule has 0 N–H and O–H groups in total. The molecule has 2 aromatic rings. The molecule has 0 bridgehead atoms. The highest BCUT2D eigenvalue weighted by molar-refractivity contribution is 6.93. The Labute approximate surface area is 135 Å². The van der Waals surface area contributed by atoms with Crippen molar-refractivity contribution in [2.45, 2.75) is 19.6 Å². The summed E-state index contributed by atoms with van der Waals surface area (Å²) in [5.74, 6) is 0. The van der Waals surface area contributed by atoms with E-state index in [1.165, 1.54) is 22.0 Å². The van der Waals surface area contributed by atoms with Gasteiger partial charge in [-0.3, -0.25) is 0 Å². The summed E-state index contributed by atoms with van der Waals surface area (Å²) in [6, 6.07) is 19.2. The van der Waals surface area contributed by atoms with E-state index in [1.54, 1.807) is 0 Å². The van der Waals surface area contributed by atoms with Gasteiger partial charge in [0, 0.05) is 19.8 Å². The van der Waals surface area contributed by atoms with Crippen molar-refractivity contribution in [2.24, 2.45) is 0 Å². The Morgan fingerprint density at radius 2 is 1.50 bits per heavy atom. The first-order valence-corrected chi connectivity index (χ1v) is 11.2. The molecule has 1 nitrogen and oxygen atoms in total. The monoisotopic (exact) mass is 307 g/mol. The Hall–Kier alpha value is -2.02. The van der Waals surface area contributed by atoms with Crippen LogP contribution in [0.2, 0.25) is 19.6 Å². The van der Waals surface area contributed by atoms with Gasteiger partial charge >= 0.3 is 0 Å². The van der Waals surface area contributed by atoms with Crippen LogP contribution in [0.4, 0.5) is 5.69 Å². The van der Waals surface area contributed by atoms with E-state index in [0.717, 1.165) is 0 Å². The van der Waals surface area contributed by atoms with E-state index in [4.69, 9.17) is 0 Å². The lowest BCUT2D eigenvalue weighted by atomic mass is 10.1. The second kappa shape index (κ2) is 6.82. The van der Waals surface area contributed by atoms with Gasteiger partial charge in [-0.1, -0.05) is 62.1 Å². The molecule has 0 spiro atoms. The van der Waals surface area contributed by atoms with Crippen LogP contribution < -0.4 is 4.90 Å². The highest BCUT2D eigenvalue weighted by Gasteiger charge is 2.21. The van der Waals surface area contributed by atoms with Crippen LogP contribution >= 0.6 is 0 Å². The van der Waals surface area contributed by atoms with Gasteiger partial charge in [0.2, 0.25) is 0 Å². The Kier molecular flexibility index (Phi) is 5.07. The maximum atomic E-state index is 3.58. The van der Waals surface area contributed by atoms with Gasteiger partial charge in [-0.15, -0.1) is 5.73 Å². The molecule has 0 atom stereocenters. The van der Waals surface area contributed by atoms with Crippen LogP contribution in [0.25, 0.3) is 11.3 Å². The predicted molar refractivity (Wildman–Crippen MR) is 102 cm³/mol. The van der Waals surface area contributed by atoms with Gasteiger partial charge in [0.15, 0.2) is 0 Å². The molecule has 2 heteroatoms. The number of hydrogen-bond donors (Lipinski definition) is 0. The molecule has 0 unspecified atom stereocenters. The predicted octanol–water partition coefficient (Wildman–Crippen LogP) is 5.33. The number of rotatable bonds is 4. The Balaban J connectivity index is 2.45. The SMILES string of the molecule is CN(C)c1ccc(C(=C=Cc2ccccc2)[Si](C)(C)C)cc1. The Morgan fingerprint density at radius 1 is 0.909 bits per heavy atom. The lowest BCUT2D eigenvalue weighted by Crippen LogP contribution is -2.22. The van der Waals surface area contributed by atoms with Gasteiger partial charge in [-0.25, -0.2) is 0 Å². The first-order valence-electron chi connectivity index (χ1n) is 7.68. The normalized spacial score (nSPS) is 10.8. The molecule has 0 aliphatic heterocycles. The number of nitrogens with zero attached hydrogens (tertiary/aromatic N) is 1. The van der Waals surface area contributed by atoms with Crippen molar-refractivity contribution in [3.8, 4) is 0 Å². The van der Waals surface area contributed by atoms with Crippen molar-refractivity contribution in [1.82, 2.24) is 0 Å². The van der Waals surface area contributed by atoms with E-state index in [2.05, 4.69) is 99.0 Å². The second-order valence-corrected chi connectivity index (χ2v) is 11.8. The lowest BCUT2D eigenvalue weighted by molar-refractivity contribution is 1.13. The maximum absolute atomic E-state index is 3.58. The molecule has 114 valence electrons. The molecule has 22 heavy (non-hydrogen) atoms. The molecule has 0 saturated heterocycles. The van der Waals surface area contributed by atoms with Gasteiger partial charge in [-0.05, 0) is 34.5 Å². The average molecular weight is 308 g/mol. The standard InChI is InChI=1S/C20H25NSi/c1-21(2)19-14-12-18(13-15-19)20(22(3,4)5)16-11-17-9-7-6-8-10-17/h6-15H,1-5H3. The molecule has 0 fully saturated rings. The fourth-order valence-corrected chi connectivity index (χ4v) is 3.90. The van der Waals surface area contributed by atoms with Gasteiger partial charge in [-0.2, -0.15) is 0 Å². The zero-order chi connectivity index (χ0) is 16.2. The Morgan fingerprint density at radius 3 is 2.00 bits per heavy atom. The third kappa shape index (κ3) is 4.24. The molecule has 0 radical (unpaired) electrons. The van der Waals surface area contributed by atoms with E-state index < -0.39 is 8.07 Å². The summed E-state index contributed by atoms with van der Waals surface area (Å²) in [7, 11) is 2.67. The first-order chi connectivity index (χ1) is 10.4. The van der Waals surface area contributed by atoms with Gasteiger partial charge < -0.3 is 4.90 Å². The average Bonchev–Trinajstić information content (AvgIpc) is 2.47. The second-order valence-electron chi connectivity index (χ2n) is 6.77. The number of hydrogen-bond acceptors (Lipinski definition) is 1. The van der Waals surface area contributed by atoms with Crippen molar-refractivity contribution in [1.29, 1.82) is 0 Å². The molecule has 2 rings (SSSR count). The molecule has 0 heterocycles. The molecule has 0 saturated carbocycles. The third-order valence-electron chi connectivity index (χ3n) is 3.61. The molecule has 0 aromatic heterocycles. The quantitative estimate of drug-likeness (QED) is 0.545. The van der Waals surface area contributed by atoms with E-state index >= 15 is 0 Å². The van der Waals surface area contributed by atoms with Crippen molar-refractivity contribution in [2.75, 3.05) is 19.0 Å². The minimum atomic E-state index is -1.47. The lowest BCUT2D eigenvalue weighted by Gasteiger charge is -2.20. The number of anilines is 1. The molecule has 0 amide bonds. The highest BCUT2D eigenvalue weighted by atomic mass is 28.3. The molecule has 0 aliphatic carbocycles. The largest absolute Gasteiger partial charge is 0.378 e. The molecule has 2 aromatic carbocycles. The summed E-state index contributed by atoms with van der Waals surface area (Å²) in [4.78, 5) is 2.13. The summed E-state index contributed by atoms with van der Waals surface area (Å²) in [6.07, 6.45) is 2.10. The van der Waals surface area contributed by atoms with E-state index in [1.807, 2.05) is 6.07 Å². The molecular weight excluding hydrogens is 282 g/mol. The van der Waals surface area contributed by atoms with Crippen LogP contribution in [-0.2, 0) is 0 Å². The van der Waals surface area contributed by atoms with Crippen LogP contribution in [0.15, 0.2) is 60.3 Å². The zero-order valence-electron chi connectivity index (χ0n) is 14.2. The van der Waals surface area contributed by atoms with Crippen molar-refractivity contribution >= 4 is 25.0 Å². The summed E-state index contributed by atoms with van der Waals surface area (Å²) < 4.78 is 0.